The number of hydrogen-bond donors (Lipinski definition) is 1. The van der Waals surface area contributed by atoms with E-state index in [1.165, 1.54) is 16.7 Å². The second-order valence-corrected chi connectivity index (χ2v) is 7.09. The molecular weight excluding hydrogens is 340 g/mol. The molecule has 0 radical (unpaired) electrons. The zero-order chi connectivity index (χ0) is 20.2. The Morgan fingerprint density at radius 1 is 1.07 bits per heavy atom. The van der Waals surface area contributed by atoms with Gasteiger partial charge in [0.2, 0.25) is 0 Å². The molecule has 0 saturated heterocycles. The zero-order valence-electron chi connectivity index (χ0n) is 17.0. The first-order valence-corrected chi connectivity index (χ1v) is 10.1. The molecule has 0 spiro atoms. The minimum atomic E-state index is 0.0549. The van der Waals surface area contributed by atoms with E-state index in [1.807, 2.05) is 24.3 Å². The molecule has 1 aliphatic rings. The maximum Gasteiger partial charge on any atom is 0.0684 e. The summed E-state index contributed by atoms with van der Waals surface area (Å²) in [6, 6.07) is 8.41. The molecule has 146 valence electrons. The van der Waals surface area contributed by atoms with Crippen LogP contribution in [0.4, 0.5) is 0 Å². The van der Waals surface area contributed by atoms with Crippen LogP contribution < -0.4 is 0 Å². The van der Waals surface area contributed by atoms with Gasteiger partial charge in [0.15, 0.2) is 0 Å². The van der Waals surface area contributed by atoms with Crippen LogP contribution in [0.3, 0.4) is 0 Å². The van der Waals surface area contributed by atoms with Gasteiger partial charge in [0.25, 0.3) is 0 Å². The van der Waals surface area contributed by atoms with E-state index in [4.69, 9.17) is 0 Å². The summed E-state index contributed by atoms with van der Waals surface area (Å²) < 4.78 is 0. The largest absolute Gasteiger partial charge is 0.392 e. The molecule has 0 unspecified atom stereocenters. The zero-order valence-corrected chi connectivity index (χ0v) is 17.0. The summed E-state index contributed by atoms with van der Waals surface area (Å²) >= 11 is 0. The average molecular weight is 373 g/mol. The minimum absolute atomic E-state index is 0.0549. The summed E-state index contributed by atoms with van der Waals surface area (Å²) in [4.78, 5) is 0. The Morgan fingerprint density at radius 2 is 1.82 bits per heavy atom. The lowest BCUT2D eigenvalue weighted by molar-refractivity contribution is 0.333. The third-order valence-electron chi connectivity index (χ3n) is 4.79. The Balaban J connectivity index is 1.96. The molecule has 0 fully saturated rings. The smallest absolute Gasteiger partial charge is 0.0684 e. The molecule has 28 heavy (non-hydrogen) atoms. The molecule has 1 aliphatic carbocycles. The lowest BCUT2D eigenvalue weighted by Crippen LogP contribution is -1.98. The molecule has 1 aromatic rings. The molecule has 1 heteroatoms. The first-order valence-electron chi connectivity index (χ1n) is 10.1. The van der Waals surface area contributed by atoms with Crippen molar-refractivity contribution in [3.05, 3.63) is 107 Å². The van der Waals surface area contributed by atoms with Gasteiger partial charge < -0.3 is 5.11 Å². The fraction of sp³-hybridized carbons (Fsp3) is 0.259. The van der Waals surface area contributed by atoms with Crippen LogP contribution in [0.5, 0.6) is 0 Å². The molecule has 0 aromatic heterocycles. The van der Waals surface area contributed by atoms with E-state index in [2.05, 4.69) is 68.7 Å². The van der Waals surface area contributed by atoms with Crippen molar-refractivity contribution in [2.75, 3.05) is 6.61 Å². The lowest BCUT2D eigenvalue weighted by Gasteiger charge is -2.12. The normalized spacial score (nSPS) is 14.8. The Hall–Kier alpha value is -2.64. The van der Waals surface area contributed by atoms with Gasteiger partial charge in [0.05, 0.1) is 6.61 Å². The number of allylic oxidation sites excluding steroid dienone is 8. The standard InChI is InChI=1S/C27H32O/c1-4-10-25(20-26-14-9-11-22(3)19-27(26)21-28)13-8-6-7-12-24-17-15-23(5-2)16-18-24/h5,7,9,11-19,28H,2-4,6,8,10,20-21H2,1H3. The van der Waals surface area contributed by atoms with E-state index >= 15 is 0 Å². The second-order valence-electron chi connectivity index (χ2n) is 7.09. The summed E-state index contributed by atoms with van der Waals surface area (Å²) in [5.41, 5.74) is 6.90. The Kier molecular flexibility index (Phi) is 9.24. The van der Waals surface area contributed by atoms with Crippen LogP contribution in [-0.4, -0.2) is 11.7 Å². The number of aliphatic hydroxyl groups is 1. The summed E-state index contributed by atoms with van der Waals surface area (Å²) in [7, 11) is 0. The van der Waals surface area contributed by atoms with Crippen LogP contribution in [0, 0.1) is 0 Å². The maximum atomic E-state index is 9.72. The summed E-state index contributed by atoms with van der Waals surface area (Å²) in [5, 5.41) is 9.72. The van der Waals surface area contributed by atoms with Crippen LogP contribution in [0.15, 0.2) is 96.2 Å². The fourth-order valence-corrected chi connectivity index (χ4v) is 3.25. The number of hydrogen-bond acceptors (Lipinski definition) is 1. The van der Waals surface area contributed by atoms with Gasteiger partial charge in [0, 0.05) is 0 Å². The number of benzene rings is 1. The van der Waals surface area contributed by atoms with E-state index in [0.29, 0.717) is 0 Å². The Labute approximate surface area is 170 Å². The molecule has 1 N–H and O–H groups in total. The van der Waals surface area contributed by atoms with Gasteiger partial charge in [-0.05, 0) is 59.6 Å². The average Bonchev–Trinajstić information content (AvgIpc) is 2.89. The third kappa shape index (κ3) is 7.17. The highest BCUT2D eigenvalue weighted by Gasteiger charge is 2.09. The molecular formula is C27H32O. The van der Waals surface area contributed by atoms with Crippen LogP contribution in [0.2, 0.25) is 0 Å². The number of unbranched alkanes of at least 4 members (excludes halogenated alkanes) is 1. The topological polar surface area (TPSA) is 20.2 Å². The van der Waals surface area contributed by atoms with Gasteiger partial charge in [-0.1, -0.05) is 98.9 Å². The molecule has 2 rings (SSSR count). The predicted molar refractivity (Wildman–Crippen MR) is 124 cm³/mol. The Morgan fingerprint density at radius 3 is 2.50 bits per heavy atom. The van der Waals surface area contributed by atoms with Crippen molar-refractivity contribution in [3.8, 4) is 0 Å². The SMILES string of the molecule is C=Cc1ccc(C=CCCC=C(CCC)CC2=CC=CC(=C)C=C2CO)cc1. The van der Waals surface area contributed by atoms with E-state index < -0.39 is 0 Å². The van der Waals surface area contributed by atoms with Crippen LogP contribution in [0.1, 0.15) is 50.2 Å². The second kappa shape index (κ2) is 11.9. The van der Waals surface area contributed by atoms with Crippen molar-refractivity contribution in [2.24, 2.45) is 0 Å². The van der Waals surface area contributed by atoms with Gasteiger partial charge in [-0.3, -0.25) is 0 Å². The van der Waals surface area contributed by atoms with Crippen molar-refractivity contribution < 1.29 is 5.11 Å². The van der Waals surface area contributed by atoms with Crippen molar-refractivity contribution in [1.29, 1.82) is 0 Å². The lowest BCUT2D eigenvalue weighted by atomic mass is 9.94. The van der Waals surface area contributed by atoms with Gasteiger partial charge >= 0.3 is 0 Å². The molecule has 0 aliphatic heterocycles. The van der Waals surface area contributed by atoms with Crippen LogP contribution in [0.25, 0.3) is 12.2 Å². The fourth-order valence-electron chi connectivity index (χ4n) is 3.25. The summed E-state index contributed by atoms with van der Waals surface area (Å²) in [6.45, 7) is 10.0. The number of rotatable bonds is 10. The van der Waals surface area contributed by atoms with Gasteiger partial charge in [-0.2, -0.15) is 0 Å². The van der Waals surface area contributed by atoms with E-state index in [0.717, 1.165) is 48.8 Å². The quantitative estimate of drug-likeness (QED) is 0.340. The molecule has 0 atom stereocenters. The van der Waals surface area contributed by atoms with Crippen molar-refractivity contribution >= 4 is 12.2 Å². The minimum Gasteiger partial charge on any atom is -0.392 e. The van der Waals surface area contributed by atoms with E-state index in [9.17, 15) is 5.11 Å². The molecule has 1 aromatic carbocycles. The van der Waals surface area contributed by atoms with Gasteiger partial charge in [-0.15, -0.1) is 0 Å². The van der Waals surface area contributed by atoms with Gasteiger partial charge in [-0.25, -0.2) is 0 Å². The van der Waals surface area contributed by atoms with Crippen molar-refractivity contribution in [3.63, 3.8) is 0 Å². The first-order chi connectivity index (χ1) is 13.7. The highest BCUT2D eigenvalue weighted by Crippen LogP contribution is 2.25. The summed E-state index contributed by atoms with van der Waals surface area (Å²) in [6.07, 6.45) is 21.9. The molecule has 0 bridgehead atoms. The molecule has 0 saturated carbocycles. The van der Waals surface area contributed by atoms with Crippen LogP contribution in [-0.2, 0) is 0 Å². The summed E-state index contributed by atoms with van der Waals surface area (Å²) in [5.74, 6) is 0. The monoisotopic (exact) mass is 372 g/mol. The van der Waals surface area contributed by atoms with Gasteiger partial charge in [0.1, 0.15) is 0 Å². The van der Waals surface area contributed by atoms with Crippen LogP contribution >= 0.6 is 0 Å². The van der Waals surface area contributed by atoms with E-state index in [-0.39, 0.29) is 6.61 Å². The van der Waals surface area contributed by atoms with Crippen molar-refractivity contribution in [1.82, 2.24) is 0 Å². The number of aliphatic hydroxyl groups excluding tert-OH is 1. The highest BCUT2D eigenvalue weighted by molar-refractivity contribution is 5.54. The predicted octanol–water partition coefficient (Wildman–Crippen LogP) is 7.21. The molecule has 0 amide bonds. The Bertz CT molecular complexity index is 810. The highest BCUT2D eigenvalue weighted by atomic mass is 16.3. The van der Waals surface area contributed by atoms with Crippen molar-refractivity contribution in [2.45, 2.75) is 39.0 Å². The molecule has 0 heterocycles. The maximum absolute atomic E-state index is 9.72. The third-order valence-corrected chi connectivity index (χ3v) is 4.79. The van der Waals surface area contributed by atoms with E-state index in [1.54, 1.807) is 0 Å². The molecule has 1 nitrogen and oxygen atoms in total. The first kappa shape index (κ1) is 21.7.